The maximum absolute atomic E-state index is 11.9. The van der Waals surface area contributed by atoms with Crippen molar-refractivity contribution in [3.63, 3.8) is 0 Å². The molecular formula is C12H15NO4. The zero-order valence-corrected chi connectivity index (χ0v) is 9.84. The number of hydrogen-bond donors (Lipinski definition) is 1. The van der Waals surface area contributed by atoms with E-state index in [0.29, 0.717) is 5.56 Å². The molecule has 0 spiro atoms. The summed E-state index contributed by atoms with van der Waals surface area (Å²) in [6, 6.07) is 5.71. The van der Waals surface area contributed by atoms with Crippen LogP contribution in [0.2, 0.25) is 0 Å². The van der Waals surface area contributed by atoms with Gasteiger partial charge < -0.3 is 15.0 Å². The zero-order valence-electron chi connectivity index (χ0n) is 9.84. The van der Waals surface area contributed by atoms with E-state index >= 15 is 0 Å². The number of carbonyl (C=O) groups excluding carboxylic acids is 2. The molecule has 5 heteroatoms. The number of aliphatic hydroxyl groups is 1. The quantitative estimate of drug-likeness (QED) is 0.415. The fourth-order valence-electron chi connectivity index (χ4n) is 1.35. The van der Waals surface area contributed by atoms with Crippen molar-refractivity contribution in [2.75, 3.05) is 27.4 Å². The van der Waals surface area contributed by atoms with Crippen LogP contribution in [0.25, 0.3) is 0 Å². The minimum atomic E-state index is -1.31. The highest BCUT2D eigenvalue weighted by Gasteiger charge is 2.20. The van der Waals surface area contributed by atoms with E-state index in [1.54, 1.807) is 20.2 Å². The van der Waals surface area contributed by atoms with Gasteiger partial charge in [-0.3, -0.25) is 9.28 Å². The van der Waals surface area contributed by atoms with Crippen LogP contribution < -0.4 is 5.11 Å². The number of nitrogens with zero attached hydrogens (tertiary/aromatic N) is 1. The van der Waals surface area contributed by atoms with E-state index < -0.39 is 5.97 Å². The minimum absolute atomic E-state index is 0.0230. The lowest BCUT2D eigenvalue weighted by Crippen LogP contribution is -2.44. The molecule has 0 unspecified atom stereocenters. The Labute approximate surface area is 99.5 Å². The first-order chi connectivity index (χ1) is 7.85. The molecule has 0 fully saturated rings. The molecule has 0 saturated carbocycles. The molecule has 0 aliphatic heterocycles. The van der Waals surface area contributed by atoms with Crippen molar-refractivity contribution < 1.29 is 24.3 Å². The van der Waals surface area contributed by atoms with Gasteiger partial charge >= 0.3 is 0 Å². The molecule has 0 saturated heterocycles. The summed E-state index contributed by atoms with van der Waals surface area (Å²) in [6.07, 6.45) is 0. The summed E-state index contributed by atoms with van der Waals surface area (Å²) < 4.78 is 0.133. The Balaban J connectivity index is 2.90. The molecule has 17 heavy (non-hydrogen) atoms. The Morgan fingerprint density at radius 3 is 2.41 bits per heavy atom. The minimum Gasteiger partial charge on any atom is -0.545 e. The van der Waals surface area contributed by atoms with Gasteiger partial charge in [-0.25, -0.2) is 0 Å². The number of carbonyl (C=O) groups is 2. The van der Waals surface area contributed by atoms with Crippen LogP contribution in [0.1, 0.15) is 20.7 Å². The smallest absolute Gasteiger partial charge is 0.217 e. The number of hydrogen-bond acceptors (Lipinski definition) is 4. The summed E-state index contributed by atoms with van der Waals surface area (Å²) in [6.45, 7) is -0.0566. The first kappa shape index (κ1) is 13.3. The van der Waals surface area contributed by atoms with Crippen LogP contribution in [0, 0.1) is 0 Å². The molecule has 0 aliphatic rings. The zero-order chi connectivity index (χ0) is 13.1. The van der Waals surface area contributed by atoms with E-state index in [9.17, 15) is 14.7 Å². The van der Waals surface area contributed by atoms with Crippen LogP contribution in [0.4, 0.5) is 0 Å². The predicted octanol–water partition coefficient (Wildman–Crippen LogP) is -0.741. The van der Waals surface area contributed by atoms with Crippen molar-refractivity contribution in [1.82, 2.24) is 0 Å². The number of carboxylic acid groups (broad SMARTS) is 1. The molecule has 5 nitrogen and oxygen atoms in total. The van der Waals surface area contributed by atoms with Crippen molar-refractivity contribution >= 4 is 11.8 Å². The molecule has 0 aromatic heterocycles. The molecule has 1 aromatic carbocycles. The van der Waals surface area contributed by atoms with Crippen LogP contribution in [-0.4, -0.2) is 48.7 Å². The maximum Gasteiger partial charge on any atom is 0.217 e. The number of likely N-dealkylation sites (N-methyl/N-ethyl adjacent to an activating group) is 1. The monoisotopic (exact) mass is 237 g/mol. The number of Topliss-reactive ketones (excluding diaryl/α,β-unsaturated/α-hetero) is 1. The molecule has 0 amide bonds. The summed E-state index contributed by atoms with van der Waals surface area (Å²) >= 11 is 0. The number of aromatic carboxylic acids is 1. The van der Waals surface area contributed by atoms with E-state index in [-0.39, 0.29) is 29.1 Å². The first-order valence-electron chi connectivity index (χ1n) is 5.13. The summed E-state index contributed by atoms with van der Waals surface area (Å²) in [5, 5.41) is 19.7. The number of carboxylic acids is 1. The molecule has 0 radical (unpaired) electrons. The Morgan fingerprint density at radius 1 is 1.29 bits per heavy atom. The van der Waals surface area contributed by atoms with Crippen LogP contribution in [0.15, 0.2) is 24.3 Å². The molecular weight excluding hydrogens is 222 g/mol. The predicted molar refractivity (Wildman–Crippen MR) is 59.2 cm³/mol. The second kappa shape index (κ2) is 5.07. The van der Waals surface area contributed by atoms with Gasteiger partial charge in [-0.05, 0) is 11.6 Å². The maximum atomic E-state index is 11.9. The summed E-state index contributed by atoms with van der Waals surface area (Å²) in [5.74, 6) is -1.53. The molecule has 0 atom stereocenters. The SMILES string of the molecule is C[N+](C)(CO)CC(=O)c1cccc(C(=O)[O-])c1. The number of benzene rings is 1. The molecule has 0 aliphatic carbocycles. The summed E-state index contributed by atoms with van der Waals surface area (Å²) in [4.78, 5) is 22.5. The molecule has 92 valence electrons. The average Bonchev–Trinajstić information content (AvgIpc) is 2.28. The van der Waals surface area contributed by atoms with Gasteiger partial charge in [0, 0.05) is 5.56 Å². The van der Waals surface area contributed by atoms with Gasteiger partial charge in [-0.2, -0.15) is 0 Å². The third-order valence-electron chi connectivity index (χ3n) is 2.37. The second-order valence-electron chi connectivity index (χ2n) is 4.53. The van der Waals surface area contributed by atoms with E-state index in [0.717, 1.165) is 0 Å². The Bertz CT molecular complexity index is 440. The van der Waals surface area contributed by atoms with Gasteiger partial charge in [0.1, 0.15) is 6.54 Å². The largest absolute Gasteiger partial charge is 0.545 e. The number of quaternary nitrogens is 1. The van der Waals surface area contributed by atoms with Gasteiger partial charge in [0.2, 0.25) is 5.78 Å². The van der Waals surface area contributed by atoms with Gasteiger partial charge in [0.05, 0.1) is 20.1 Å². The van der Waals surface area contributed by atoms with E-state index in [2.05, 4.69) is 0 Å². The van der Waals surface area contributed by atoms with Crippen molar-refractivity contribution in [2.45, 2.75) is 0 Å². The molecule has 1 N–H and O–H groups in total. The van der Waals surface area contributed by atoms with Crippen molar-refractivity contribution in [3.05, 3.63) is 35.4 Å². The fraction of sp³-hybridized carbons (Fsp3) is 0.333. The van der Waals surface area contributed by atoms with Gasteiger partial charge in [0.25, 0.3) is 0 Å². The number of ketones is 1. The topological polar surface area (TPSA) is 77.4 Å². The highest BCUT2D eigenvalue weighted by molar-refractivity contribution is 5.99. The van der Waals surface area contributed by atoms with Crippen LogP contribution in [-0.2, 0) is 0 Å². The molecule has 1 rings (SSSR count). The fourth-order valence-corrected chi connectivity index (χ4v) is 1.35. The third kappa shape index (κ3) is 3.65. The number of aliphatic hydroxyl groups excluding tert-OH is 1. The van der Waals surface area contributed by atoms with Crippen LogP contribution >= 0.6 is 0 Å². The molecule has 1 aromatic rings. The van der Waals surface area contributed by atoms with Gasteiger partial charge in [0.15, 0.2) is 6.73 Å². The van der Waals surface area contributed by atoms with E-state index in [1.165, 1.54) is 18.2 Å². The normalized spacial score (nSPS) is 11.2. The van der Waals surface area contributed by atoms with Gasteiger partial charge in [-0.15, -0.1) is 0 Å². The highest BCUT2D eigenvalue weighted by atomic mass is 16.4. The second-order valence-corrected chi connectivity index (χ2v) is 4.53. The summed E-state index contributed by atoms with van der Waals surface area (Å²) in [7, 11) is 3.42. The molecule has 0 heterocycles. The van der Waals surface area contributed by atoms with E-state index in [1.807, 2.05) is 0 Å². The van der Waals surface area contributed by atoms with Crippen molar-refractivity contribution in [3.8, 4) is 0 Å². The molecule has 0 bridgehead atoms. The highest BCUT2D eigenvalue weighted by Crippen LogP contribution is 2.08. The summed E-state index contributed by atoms with van der Waals surface area (Å²) in [5.41, 5.74) is 0.288. The van der Waals surface area contributed by atoms with Crippen molar-refractivity contribution in [1.29, 1.82) is 0 Å². The Kier molecular flexibility index (Phi) is 3.98. The van der Waals surface area contributed by atoms with Crippen LogP contribution in [0.5, 0.6) is 0 Å². The van der Waals surface area contributed by atoms with E-state index in [4.69, 9.17) is 5.11 Å². The Hall–Kier alpha value is -1.72. The average molecular weight is 237 g/mol. The third-order valence-corrected chi connectivity index (χ3v) is 2.37. The first-order valence-corrected chi connectivity index (χ1v) is 5.13. The standard InChI is InChI=1S/C12H15NO4/c1-13(2,8-14)7-11(15)9-4-3-5-10(6-9)12(16)17/h3-6,14H,7-8H2,1-2H3. The lowest BCUT2D eigenvalue weighted by atomic mass is 10.1. The lowest BCUT2D eigenvalue weighted by molar-refractivity contribution is -0.900. The van der Waals surface area contributed by atoms with Crippen LogP contribution in [0.3, 0.4) is 0 Å². The number of rotatable bonds is 5. The van der Waals surface area contributed by atoms with Crippen molar-refractivity contribution in [2.24, 2.45) is 0 Å². The lowest BCUT2D eigenvalue weighted by Gasteiger charge is -2.25. The Morgan fingerprint density at radius 2 is 1.88 bits per heavy atom. The van der Waals surface area contributed by atoms with Gasteiger partial charge in [-0.1, -0.05) is 18.2 Å².